The van der Waals surface area contributed by atoms with E-state index in [0.29, 0.717) is 30.2 Å². The van der Waals surface area contributed by atoms with Crippen LogP contribution in [0.15, 0.2) is 58.8 Å². The van der Waals surface area contributed by atoms with Crippen molar-refractivity contribution in [1.29, 1.82) is 0 Å². The molecule has 0 spiro atoms. The number of hydrogen-bond acceptors (Lipinski definition) is 8. The van der Waals surface area contributed by atoms with E-state index in [4.69, 9.17) is 4.74 Å². The molecule has 0 radical (unpaired) electrons. The zero-order valence-corrected chi connectivity index (χ0v) is 18.7. The molecule has 0 bridgehead atoms. The summed E-state index contributed by atoms with van der Waals surface area (Å²) < 4.78 is 36.3. The van der Waals surface area contributed by atoms with E-state index in [-0.39, 0.29) is 22.5 Å². The van der Waals surface area contributed by atoms with Gasteiger partial charge in [-0.05, 0) is 30.3 Å². The molecule has 1 aliphatic rings. The molecule has 11 heteroatoms. The van der Waals surface area contributed by atoms with E-state index in [0.717, 1.165) is 23.5 Å². The molecule has 0 amide bonds. The summed E-state index contributed by atoms with van der Waals surface area (Å²) in [5, 5.41) is 7.58. The Kier molecular flexibility index (Phi) is 6.00. The van der Waals surface area contributed by atoms with Crippen molar-refractivity contribution in [3.63, 3.8) is 0 Å². The number of anilines is 1. The fraction of sp³-hybridized carbons (Fsp3) is 0.250. The van der Waals surface area contributed by atoms with E-state index >= 15 is 4.39 Å². The molecule has 2 aromatic heterocycles. The number of hydrogen-bond donors (Lipinski definition) is 0. The van der Waals surface area contributed by atoms with E-state index in [1.165, 1.54) is 31.6 Å². The minimum atomic E-state index is -1.39. The number of ether oxygens (including phenoxy) is 1. The lowest BCUT2D eigenvalue weighted by atomic mass is 9.97. The number of nitrogens with zero attached hydrogens (tertiary/aromatic N) is 6. The topological polar surface area (TPSA) is 103 Å². The Labute approximate surface area is 198 Å². The standard InChI is InChI=1S/C24H20F2N6O3/c1-31-22(33)5-4-20(29-31)24(30-34)17-11-16(18(25)12-19(17)26)23-15-3-2-14(10-21(15)27-13-28-23)32-6-8-35-9-7-32/h2-5,10-13,24H,6-9H2,1H3. The van der Waals surface area contributed by atoms with E-state index in [9.17, 15) is 14.1 Å². The molecular weight excluding hydrogens is 458 g/mol. The van der Waals surface area contributed by atoms with Crippen molar-refractivity contribution < 1.29 is 13.5 Å². The third-order valence-corrected chi connectivity index (χ3v) is 6.00. The lowest BCUT2D eigenvalue weighted by Gasteiger charge is -2.29. The van der Waals surface area contributed by atoms with Crippen LogP contribution in [0.4, 0.5) is 14.5 Å². The number of morpholine rings is 1. The molecule has 2 aromatic carbocycles. The lowest BCUT2D eigenvalue weighted by Crippen LogP contribution is -2.36. The van der Waals surface area contributed by atoms with Crippen molar-refractivity contribution in [1.82, 2.24) is 19.7 Å². The number of rotatable bonds is 5. The number of benzene rings is 2. The van der Waals surface area contributed by atoms with Crippen LogP contribution in [0.1, 0.15) is 17.3 Å². The van der Waals surface area contributed by atoms with Crippen molar-refractivity contribution in [2.75, 3.05) is 31.2 Å². The molecule has 1 fully saturated rings. The van der Waals surface area contributed by atoms with Crippen LogP contribution in [-0.2, 0) is 11.8 Å². The van der Waals surface area contributed by atoms with E-state index < -0.39 is 23.2 Å². The molecule has 4 aromatic rings. The Morgan fingerprint density at radius 3 is 2.57 bits per heavy atom. The molecule has 9 nitrogen and oxygen atoms in total. The summed E-state index contributed by atoms with van der Waals surface area (Å²) in [5.41, 5.74) is 1.26. The molecular formula is C24H20F2N6O3. The van der Waals surface area contributed by atoms with Crippen molar-refractivity contribution in [3.8, 4) is 11.3 Å². The van der Waals surface area contributed by atoms with Gasteiger partial charge in [0.05, 0.1) is 30.1 Å². The fourth-order valence-corrected chi connectivity index (χ4v) is 4.17. The molecule has 1 unspecified atom stereocenters. The summed E-state index contributed by atoms with van der Waals surface area (Å²) in [6.45, 7) is 2.76. The van der Waals surface area contributed by atoms with Crippen LogP contribution in [0.3, 0.4) is 0 Å². The van der Waals surface area contributed by atoms with Crippen molar-refractivity contribution in [3.05, 3.63) is 86.9 Å². The Morgan fingerprint density at radius 2 is 1.83 bits per heavy atom. The molecule has 1 saturated heterocycles. The van der Waals surface area contributed by atoms with Crippen LogP contribution in [0.5, 0.6) is 0 Å². The maximum Gasteiger partial charge on any atom is 0.266 e. The minimum Gasteiger partial charge on any atom is -0.378 e. The van der Waals surface area contributed by atoms with Crippen LogP contribution in [-0.4, -0.2) is 46.1 Å². The van der Waals surface area contributed by atoms with Gasteiger partial charge in [-0.3, -0.25) is 4.79 Å². The third-order valence-electron chi connectivity index (χ3n) is 6.00. The summed E-state index contributed by atoms with van der Waals surface area (Å²) in [6, 6.07) is 8.59. The van der Waals surface area contributed by atoms with Gasteiger partial charge >= 0.3 is 0 Å². The van der Waals surface area contributed by atoms with Gasteiger partial charge in [0.25, 0.3) is 5.56 Å². The highest BCUT2D eigenvalue weighted by molar-refractivity contribution is 5.94. The van der Waals surface area contributed by atoms with Crippen LogP contribution in [0, 0.1) is 16.5 Å². The molecule has 178 valence electrons. The first kappa shape index (κ1) is 22.7. The summed E-state index contributed by atoms with van der Waals surface area (Å²) in [7, 11) is 1.40. The van der Waals surface area contributed by atoms with Gasteiger partial charge in [0.1, 0.15) is 18.0 Å². The molecule has 0 N–H and O–H groups in total. The maximum atomic E-state index is 15.0. The molecule has 1 atom stereocenters. The summed E-state index contributed by atoms with van der Waals surface area (Å²) in [6.07, 6.45) is 1.31. The Hall–Kier alpha value is -4.12. The predicted molar refractivity (Wildman–Crippen MR) is 125 cm³/mol. The highest BCUT2D eigenvalue weighted by atomic mass is 19.1. The number of nitroso groups, excluding NO2 is 1. The summed E-state index contributed by atoms with van der Waals surface area (Å²) >= 11 is 0. The first-order chi connectivity index (χ1) is 17.0. The number of fused-ring (bicyclic) bond motifs is 1. The zero-order valence-electron chi connectivity index (χ0n) is 18.7. The van der Waals surface area contributed by atoms with Crippen LogP contribution in [0.25, 0.3) is 22.2 Å². The van der Waals surface area contributed by atoms with Gasteiger partial charge < -0.3 is 9.64 Å². The highest BCUT2D eigenvalue weighted by Crippen LogP contribution is 2.35. The third kappa shape index (κ3) is 4.26. The van der Waals surface area contributed by atoms with Gasteiger partial charge in [-0.25, -0.2) is 23.4 Å². The highest BCUT2D eigenvalue weighted by Gasteiger charge is 2.25. The zero-order chi connectivity index (χ0) is 24.5. The Morgan fingerprint density at radius 1 is 1.03 bits per heavy atom. The van der Waals surface area contributed by atoms with E-state index in [1.807, 2.05) is 12.1 Å². The van der Waals surface area contributed by atoms with Gasteiger partial charge in [0, 0.05) is 54.5 Å². The summed E-state index contributed by atoms with van der Waals surface area (Å²) in [4.78, 5) is 34.1. The van der Waals surface area contributed by atoms with Gasteiger partial charge in [0.2, 0.25) is 0 Å². The SMILES string of the molecule is Cn1nc(C(N=O)c2cc(-c3ncnc4cc(N5CCOCC5)ccc34)c(F)cc2F)ccc1=O. The van der Waals surface area contributed by atoms with Crippen molar-refractivity contribution in [2.45, 2.75) is 6.04 Å². The average molecular weight is 478 g/mol. The fourth-order valence-electron chi connectivity index (χ4n) is 4.17. The maximum absolute atomic E-state index is 15.0. The van der Waals surface area contributed by atoms with Gasteiger partial charge in [-0.15, -0.1) is 4.91 Å². The number of aryl methyl sites for hydroxylation is 1. The monoisotopic (exact) mass is 478 g/mol. The van der Waals surface area contributed by atoms with Gasteiger partial charge in [-0.1, -0.05) is 5.18 Å². The van der Waals surface area contributed by atoms with Crippen LogP contribution >= 0.6 is 0 Å². The predicted octanol–water partition coefficient (Wildman–Crippen LogP) is 3.36. The van der Waals surface area contributed by atoms with Gasteiger partial charge in [-0.2, -0.15) is 5.10 Å². The molecule has 35 heavy (non-hydrogen) atoms. The minimum absolute atomic E-state index is 0.00797. The second kappa shape index (κ2) is 9.26. The van der Waals surface area contributed by atoms with Crippen LogP contribution < -0.4 is 10.5 Å². The Balaban J connectivity index is 1.61. The largest absolute Gasteiger partial charge is 0.378 e. The van der Waals surface area contributed by atoms with Gasteiger partial charge in [0.15, 0.2) is 6.04 Å². The van der Waals surface area contributed by atoms with Crippen molar-refractivity contribution in [2.24, 2.45) is 12.2 Å². The second-order valence-electron chi connectivity index (χ2n) is 8.10. The number of aromatic nitrogens is 4. The molecule has 1 aliphatic heterocycles. The lowest BCUT2D eigenvalue weighted by molar-refractivity contribution is 0.122. The molecule has 3 heterocycles. The first-order valence-electron chi connectivity index (χ1n) is 10.9. The number of halogens is 2. The molecule has 5 rings (SSSR count). The molecule has 0 saturated carbocycles. The summed E-state index contributed by atoms with van der Waals surface area (Å²) in [5.74, 6) is -1.80. The molecule has 0 aliphatic carbocycles. The average Bonchev–Trinajstić information content (AvgIpc) is 2.87. The first-order valence-corrected chi connectivity index (χ1v) is 10.9. The van der Waals surface area contributed by atoms with E-state index in [1.54, 1.807) is 6.07 Å². The Bertz CT molecular complexity index is 1490. The van der Waals surface area contributed by atoms with Crippen molar-refractivity contribution >= 4 is 16.6 Å². The second-order valence-corrected chi connectivity index (χ2v) is 8.10. The quantitative estimate of drug-likeness (QED) is 0.405. The smallest absolute Gasteiger partial charge is 0.266 e. The normalized spacial score (nSPS) is 14.8. The van der Waals surface area contributed by atoms with E-state index in [2.05, 4.69) is 25.1 Å². The van der Waals surface area contributed by atoms with Crippen LogP contribution in [0.2, 0.25) is 0 Å².